The van der Waals surface area contributed by atoms with Crippen LogP contribution in [0.4, 0.5) is 11.4 Å². The van der Waals surface area contributed by atoms with E-state index in [2.05, 4.69) is 4.98 Å². The van der Waals surface area contributed by atoms with Crippen LogP contribution in [0.15, 0.2) is 18.5 Å². The van der Waals surface area contributed by atoms with E-state index in [9.17, 15) is 8.42 Å². The molecule has 1 saturated heterocycles. The van der Waals surface area contributed by atoms with E-state index in [4.69, 9.17) is 5.73 Å². The van der Waals surface area contributed by atoms with Crippen LogP contribution in [-0.2, 0) is 9.84 Å². The van der Waals surface area contributed by atoms with Crippen molar-refractivity contribution in [2.24, 2.45) is 0 Å². The van der Waals surface area contributed by atoms with E-state index in [1.165, 1.54) is 0 Å². The molecule has 2 N–H and O–H groups in total. The van der Waals surface area contributed by atoms with Gasteiger partial charge < -0.3 is 10.6 Å². The van der Waals surface area contributed by atoms with Crippen LogP contribution < -0.4 is 10.6 Å². The minimum absolute atomic E-state index is 0.0256. The Labute approximate surface area is 95.2 Å². The number of aromatic nitrogens is 1. The normalized spacial score (nSPS) is 24.3. The molecule has 2 rings (SSSR count). The molecule has 1 aromatic rings. The van der Waals surface area contributed by atoms with Crippen molar-refractivity contribution in [2.75, 3.05) is 28.7 Å². The van der Waals surface area contributed by atoms with Crippen LogP contribution in [0.3, 0.4) is 0 Å². The van der Waals surface area contributed by atoms with Gasteiger partial charge in [-0.3, -0.25) is 4.98 Å². The third-order valence-corrected chi connectivity index (χ3v) is 4.54. The SMILES string of the molecule is CC1CS(=O)(=O)CCN1c1cncc(N)c1. The maximum atomic E-state index is 11.4. The molecule has 1 aliphatic heterocycles. The highest BCUT2D eigenvalue weighted by atomic mass is 32.2. The van der Waals surface area contributed by atoms with Gasteiger partial charge in [-0.25, -0.2) is 8.42 Å². The van der Waals surface area contributed by atoms with Crippen molar-refractivity contribution in [1.82, 2.24) is 4.98 Å². The van der Waals surface area contributed by atoms with Crippen LogP contribution in [-0.4, -0.2) is 37.5 Å². The maximum Gasteiger partial charge on any atom is 0.154 e. The average Bonchev–Trinajstić information content (AvgIpc) is 2.15. The van der Waals surface area contributed by atoms with Crippen LogP contribution >= 0.6 is 0 Å². The Morgan fingerprint density at radius 1 is 1.50 bits per heavy atom. The molecule has 16 heavy (non-hydrogen) atoms. The zero-order valence-corrected chi connectivity index (χ0v) is 9.94. The van der Waals surface area contributed by atoms with Crippen molar-refractivity contribution in [1.29, 1.82) is 0 Å². The van der Waals surface area contributed by atoms with Gasteiger partial charge in [-0.15, -0.1) is 0 Å². The Kier molecular flexibility index (Phi) is 2.75. The van der Waals surface area contributed by atoms with Gasteiger partial charge in [0.25, 0.3) is 0 Å². The first-order valence-corrected chi connectivity index (χ1v) is 6.98. The molecule has 1 unspecified atom stereocenters. The number of hydrogen-bond acceptors (Lipinski definition) is 5. The molecule has 0 bridgehead atoms. The summed E-state index contributed by atoms with van der Waals surface area (Å²) < 4.78 is 22.9. The molecule has 1 atom stereocenters. The number of rotatable bonds is 1. The summed E-state index contributed by atoms with van der Waals surface area (Å²) in [6.07, 6.45) is 3.29. The Morgan fingerprint density at radius 3 is 2.88 bits per heavy atom. The Morgan fingerprint density at radius 2 is 2.25 bits per heavy atom. The zero-order valence-electron chi connectivity index (χ0n) is 9.13. The van der Waals surface area contributed by atoms with E-state index in [-0.39, 0.29) is 17.5 Å². The third-order valence-electron chi connectivity index (χ3n) is 2.75. The molecule has 0 radical (unpaired) electrons. The zero-order chi connectivity index (χ0) is 11.8. The minimum atomic E-state index is -2.88. The van der Waals surface area contributed by atoms with Gasteiger partial charge in [0, 0.05) is 18.8 Å². The molecule has 88 valence electrons. The summed E-state index contributed by atoms with van der Waals surface area (Å²) in [7, 11) is -2.88. The lowest BCUT2D eigenvalue weighted by atomic mass is 10.2. The molecule has 1 aromatic heterocycles. The van der Waals surface area contributed by atoms with Crippen LogP contribution in [0.1, 0.15) is 6.92 Å². The Balaban J connectivity index is 2.24. The number of hydrogen-bond donors (Lipinski definition) is 1. The van der Waals surface area contributed by atoms with E-state index in [0.29, 0.717) is 12.2 Å². The molecule has 0 spiro atoms. The first-order valence-electron chi connectivity index (χ1n) is 5.15. The molecule has 1 fully saturated rings. The number of nitrogens with two attached hydrogens (primary N) is 1. The fourth-order valence-electron chi connectivity index (χ4n) is 1.98. The summed E-state index contributed by atoms with van der Waals surface area (Å²) in [5.41, 5.74) is 7.14. The number of nitrogens with zero attached hydrogens (tertiary/aromatic N) is 2. The fraction of sp³-hybridized carbons (Fsp3) is 0.500. The molecule has 6 heteroatoms. The second-order valence-corrected chi connectivity index (χ2v) is 6.36. The van der Waals surface area contributed by atoms with Crippen molar-refractivity contribution in [3.05, 3.63) is 18.5 Å². The molecular weight excluding hydrogens is 226 g/mol. The van der Waals surface area contributed by atoms with Crippen LogP contribution in [0.25, 0.3) is 0 Å². The van der Waals surface area contributed by atoms with Gasteiger partial charge in [-0.05, 0) is 13.0 Å². The maximum absolute atomic E-state index is 11.4. The summed E-state index contributed by atoms with van der Waals surface area (Å²) in [6, 6.07) is 1.80. The smallest absolute Gasteiger partial charge is 0.154 e. The van der Waals surface area contributed by atoms with Crippen molar-refractivity contribution in [3.63, 3.8) is 0 Å². The molecule has 2 heterocycles. The highest BCUT2D eigenvalue weighted by Gasteiger charge is 2.28. The highest BCUT2D eigenvalue weighted by molar-refractivity contribution is 7.91. The van der Waals surface area contributed by atoms with Crippen molar-refractivity contribution >= 4 is 21.2 Å². The average molecular weight is 241 g/mol. The standard InChI is InChI=1S/C10H15N3O2S/c1-8-7-16(14,15)3-2-13(8)10-4-9(11)5-12-6-10/h4-6,8H,2-3,7,11H2,1H3. The molecule has 1 aliphatic rings. The molecular formula is C10H15N3O2S. The van der Waals surface area contributed by atoms with Crippen LogP contribution in [0.2, 0.25) is 0 Å². The number of nitrogen functional groups attached to an aromatic ring is 1. The van der Waals surface area contributed by atoms with Gasteiger partial charge in [0.05, 0.1) is 29.1 Å². The van der Waals surface area contributed by atoms with Crippen LogP contribution in [0, 0.1) is 0 Å². The van der Waals surface area contributed by atoms with E-state index in [0.717, 1.165) is 5.69 Å². The number of sulfone groups is 1. The van der Waals surface area contributed by atoms with Gasteiger partial charge >= 0.3 is 0 Å². The summed E-state index contributed by atoms with van der Waals surface area (Å²) in [4.78, 5) is 6.05. The molecule has 0 aromatic carbocycles. The Bertz CT molecular complexity index is 487. The lowest BCUT2D eigenvalue weighted by Crippen LogP contribution is -2.47. The molecule has 5 nitrogen and oxygen atoms in total. The summed E-state index contributed by atoms with van der Waals surface area (Å²) >= 11 is 0. The van der Waals surface area contributed by atoms with E-state index < -0.39 is 9.84 Å². The first kappa shape index (κ1) is 11.2. The molecule has 0 amide bonds. The van der Waals surface area contributed by atoms with Gasteiger partial charge in [-0.2, -0.15) is 0 Å². The van der Waals surface area contributed by atoms with Crippen LogP contribution in [0.5, 0.6) is 0 Å². The monoisotopic (exact) mass is 241 g/mol. The van der Waals surface area contributed by atoms with Gasteiger partial charge in [0.15, 0.2) is 9.84 Å². The predicted molar refractivity (Wildman–Crippen MR) is 64.1 cm³/mol. The van der Waals surface area contributed by atoms with E-state index in [1.54, 1.807) is 12.4 Å². The van der Waals surface area contributed by atoms with Gasteiger partial charge in [0.2, 0.25) is 0 Å². The number of pyridine rings is 1. The second kappa shape index (κ2) is 3.93. The fourth-order valence-corrected chi connectivity index (χ4v) is 3.54. The third kappa shape index (κ3) is 2.27. The van der Waals surface area contributed by atoms with Gasteiger partial charge in [-0.1, -0.05) is 0 Å². The molecule has 0 aliphatic carbocycles. The number of anilines is 2. The quantitative estimate of drug-likeness (QED) is 0.764. The lowest BCUT2D eigenvalue weighted by molar-refractivity contribution is 0.568. The summed E-state index contributed by atoms with van der Waals surface area (Å²) in [5.74, 6) is 0.397. The summed E-state index contributed by atoms with van der Waals surface area (Å²) in [5, 5.41) is 0. The largest absolute Gasteiger partial charge is 0.397 e. The van der Waals surface area contributed by atoms with Crippen molar-refractivity contribution < 1.29 is 8.42 Å². The van der Waals surface area contributed by atoms with Crippen molar-refractivity contribution in [2.45, 2.75) is 13.0 Å². The van der Waals surface area contributed by atoms with E-state index in [1.807, 2.05) is 17.9 Å². The Hall–Kier alpha value is -1.30. The van der Waals surface area contributed by atoms with E-state index >= 15 is 0 Å². The first-order chi connectivity index (χ1) is 7.48. The minimum Gasteiger partial charge on any atom is -0.397 e. The van der Waals surface area contributed by atoms with Gasteiger partial charge in [0.1, 0.15) is 0 Å². The van der Waals surface area contributed by atoms with Crippen molar-refractivity contribution in [3.8, 4) is 0 Å². The highest BCUT2D eigenvalue weighted by Crippen LogP contribution is 2.22. The molecule has 0 saturated carbocycles. The topological polar surface area (TPSA) is 76.3 Å². The second-order valence-electron chi connectivity index (χ2n) is 4.13. The summed E-state index contributed by atoms with van der Waals surface area (Å²) in [6.45, 7) is 2.41. The predicted octanol–water partition coefficient (Wildman–Crippen LogP) is 0.287. The lowest BCUT2D eigenvalue weighted by Gasteiger charge is -2.34.